The lowest BCUT2D eigenvalue weighted by molar-refractivity contribution is -0.126. The van der Waals surface area contributed by atoms with Crippen molar-refractivity contribution in [2.24, 2.45) is 0 Å². The van der Waals surface area contributed by atoms with Crippen LogP contribution in [-0.2, 0) is 19.6 Å². The summed E-state index contributed by atoms with van der Waals surface area (Å²) in [5.74, 6) is 0.326. The fourth-order valence-electron chi connectivity index (χ4n) is 3.23. The van der Waals surface area contributed by atoms with Gasteiger partial charge in [-0.2, -0.15) is 0 Å². The molecule has 1 fully saturated rings. The molecule has 3 aromatic carbocycles. The second kappa shape index (κ2) is 9.62. The van der Waals surface area contributed by atoms with Crippen LogP contribution in [0.4, 0.5) is 4.79 Å². The van der Waals surface area contributed by atoms with E-state index < -0.39 is 28.1 Å². The van der Waals surface area contributed by atoms with Crippen molar-refractivity contribution in [2.75, 3.05) is 13.2 Å². The molecule has 2 amide bonds. The number of sulfonamides is 1. The van der Waals surface area contributed by atoms with Crippen LogP contribution in [0.1, 0.15) is 11.6 Å². The van der Waals surface area contributed by atoms with E-state index in [1.165, 1.54) is 24.3 Å². The lowest BCUT2D eigenvalue weighted by atomic mass is 10.1. The van der Waals surface area contributed by atoms with Crippen molar-refractivity contribution in [3.05, 3.63) is 89.4 Å². The highest BCUT2D eigenvalue weighted by Crippen LogP contribution is 2.29. The summed E-state index contributed by atoms with van der Waals surface area (Å²) in [5.41, 5.74) is 0.590. The van der Waals surface area contributed by atoms with Gasteiger partial charge in [0.2, 0.25) is 10.0 Å². The molecule has 10 heteroatoms. The van der Waals surface area contributed by atoms with Crippen LogP contribution in [0.15, 0.2) is 83.8 Å². The van der Waals surface area contributed by atoms with E-state index in [0.29, 0.717) is 22.1 Å². The molecule has 8 nitrogen and oxygen atoms in total. The van der Waals surface area contributed by atoms with E-state index in [-0.39, 0.29) is 18.0 Å². The quantitative estimate of drug-likeness (QED) is 0.513. The predicted molar refractivity (Wildman–Crippen MR) is 121 cm³/mol. The lowest BCUT2D eigenvalue weighted by Gasteiger charge is -2.22. The molecule has 33 heavy (non-hydrogen) atoms. The number of nitrogens with one attached hydrogen (secondary N) is 1. The Balaban J connectivity index is 1.54. The van der Waals surface area contributed by atoms with Gasteiger partial charge in [0.05, 0.1) is 22.5 Å². The normalized spacial score (nSPS) is 14.8. The van der Waals surface area contributed by atoms with Crippen molar-refractivity contribution in [1.29, 1.82) is 0 Å². The minimum atomic E-state index is -4.00. The third kappa shape index (κ3) is 5.33. The number of benzene rings is 3. The van der Waals surface area contributed by atoms with Crippen molar-refractivity contribution in [3.63, 3.8) is 0 Å². The first-order valence-electron chi connectivity index (χ1n) is 9.90. The summed E-state index contributed by atoms with van der Waals surface area (Å²) in [6.45, 7) is -0.561. The Labute approximate surface area is 195 Å². The second-order valence-electron chi connectivity index (χ2n) is 7.15. The number of halogens is 1. The van der Waals surface area contributed by atoms with Gasteiger partial charge in [0.1, 0.15) is 11.5 Å². The van der Waals surface area contributed by atoms with Crippen LogP contribution in [0.5, 0.6) is 11.5 Å². The van der Waals surface area contributed by atoms with Gasteiger partial charge >= 0.3 is 6.09 Å². The molecular formula is C23H19ClN2O6S. The standard InChI is InChI=1S/C23H19ClN2O6S/c24-19-8-4-5-9-21(19)32-17-10-12-18(13-11-17)33(29,30)25-20(16-6-2-1-3-7-16)14-26-22(27)15-31-23(26)28/h1-13,20,25H,14-15H2. The molecule has 0 bridgehead atoms. The molecule has 1 N–H and O–H groups in total. The molecule has 1 aliphatic rings. The van der Waals surface area contributed by atoms with Crippen molar-refractivity contribution in [2.45, 2.75) is 10.9 Å². The van der Waals surface area contributed by atoms with Gasteiger partial charge in [0.15, 0.2) is 6.61 Å². The van der Waals surface area contributed by atoms with Crippen molar-refractivity contribution < 1.29 is 27.5 Å². The van der Waals surface area contributed by atoms with E-state index >= 15 is 0 Å². The summed E-state index contributed by atoms with van der Waals surface area (Å²) in [4.78, 5) is 24.7. The largest absolute Gasteiger partial charge is 0.456 e. The van der Waals surface area contributed by atoms with Gasteiger partial charge in [-0.05, 0) is 42.0 Å². The molecule has 0 radical (unpaired) electrons. The van der Waals surface area contributed by atoms with Crippen LogP contribution >= 0.6 is 11.6 Å². The third-order valence-electron chi connectivity index (χ3n) is 4.90. The lowest BCUT2D eigenvalue weighted by Crippen LogP contribution is -2.40. The molecule has 1 unspecified atom stereocenters. The van der Waals surface area contributed by atoms with E-state index in [1.807, 2.05) is 0 Å². The van der Waals surface area contributed by atoms with Crippen LogP contribution in [0, 0.1) is 0 Å². The maximum atomic E-state index is 13.1. The zero-order valence-electron chi connectivity index (χ0n) is 17.2. The molecule has 1 saturated heterocycles. The molecule has 3 aromatic rings. The number of amides is 2. The number of nitrogens with zero attached hydrogens (tertiary/aromatic N) is 1. The molecule has 170 valence electrons. The topological polar surface area (TPSA) is 102 Å². The Hall–Kier alpha value is -3.40. The average Bonchev–Trinajstić information content (AvgIpc) is 3.13. The summed E-state index contributed by atoms with van der Waals surface area (Å²) in [7, 11) is -4.00. The van der Waals surface area contributed by atoms with Gasteiger partial charge in [0.25, 0.3) is 5.91 Å². The Kier molecular flexibility index (Phi) is 6.64. The number of carbonyl (C=O) groups is 2. The van der Waals surface area contributed by atoms with E-state index in [0.717, 1.165) is 4.90 Å². The van der Waals surface area contributed by atoms with Gasteiger partial charge in [-0.1, -0.05) is 54.1 Å². The number of ether oxygens (including phenoxy) is 2. The second-order valence-corrected chi connectivity index (χ2v) is 9.27. The van der Waals surface area contributed by atoms with Crippen molar-refractivity contribution in [1.82, 2.24) is 9.62 Å². The number of para-hydroxylation sites is 1. The highest BCUT2D eigenvalue weighted by atomic mass is 35.5. The Morgan fingerprint density at radius 3 is 2.27 bits per heavy atom. The first kappa shape index (κ1) is 22.8. The first-order valence-corrected chi connectivity index (χ1v) is 11.8. The molecule has 1 aliphatic heterocycles. The fourth-order valence-corrected chi connectivity index (χ4v) is 4.62. The number of cyclic esters (lactones) is 1. The van der Waals surface area contributed by atoms with Crippen LogP contribution in [0.25, 0.3) is 0 Å². The first-order chi connectivity index (χ1) is 15.8. The minimum Gasteiger partial charge on any atom is -0.456 e. The number of carbonyl (C=O) groups excluding carboxylic acids is 2. The van der Waals surface area contributed by atoms with Crippen molar-refractivity contribution in [3.8, 4) is 11.5 Å². The summed E-state index contributed by atoms with van der Waals surface area (Å²) < 4.78 is 39.2. The van der Waals surface area contributed by atoms with E-state index in [4.69, 9.17) is 21.1 Å². The third-order valence-corrected chi connectivity index (χ3v) is 6.70. The maximum Gasteiger partial charge on any atom is 0.417 e. The van der Waals surface area contributed by atoms with Crippen LogP contribution in [0.2, 0.25) is 5.02 Å². The van der Waals surface area contributed by atoms with E-state index in [2.05, 4.69) is 4.72 Å². The highest BCUT2D eigenvalue weighted by molar-refractivity contribution is 7.89. The van der Waals surface area contributed by atoms with Gasteiger partial charge in [-0.3, -0.25) is 4.79 Å². The Bertz CT molecular complexity index is 1250. The highest BCUT2D eigenvalue weighted by Gasteiger charge is 2.34. The molecule has 0 aromatic heterocycles. The molecular weight excluding hydrogens is 468 g/mol. The monoisotopic (exact) mass is 486 g/mol. The fraction of sp³-hybridized carbons (Fsp3) is 0.130. The maximum absolute atomic E-state index is 13.1. The summed E-state index contributed by atoms with van der Waals surface area (Å²) in [6.07, 6.45) is -0.804. The average molecular weight is 487 g/mol. The van der Waals surface area contributed by atoms with Crippen molar-refractivity contribution >= 4 is 33.6 Å². The predicted octanol–water partition coefficient (Wildman–Crippen LogP) is 4.13. The van der Waals surface area contributed by atoms with Crippen LogP contribution < -0.4 is 9.46 Å². The van der Waals surface area contributed by atoms with Gasteiger partial charge in [-0.15, -0.1) is 0 Å². The zero-order chi connectivity index (χ0) is 23.4. The van der Waals surface area contributed by atoms with Gasteiger partial charge < -0.3 is 9.47 Å². The summed E-state index contributed by atoms with van der Waals surface area (Å²) in [6, 6.07) is 20.5. The number of imide groups is 1. The van der Waals surface area contributed by atoms with E-state index in [9.17, 15) is 18.0 Å². The molecule has 0 saturated carbocycles. The van der Waals surface area contributed by atoms with Gasteiger partial charge in [0, 0.05) is 0 Å². The Morgan fingerprint density at radius 1 is 0.970 bits per heavy atom. The molecule has 0 aliphatic carbocycles. The Morgan fingerprint density at radius 2 is 1.64 bits per heavy atom. The summed E-state index contributed by atoms with van der Waals surface area (Å²) in [5, 5.41) is 0.427. The zero-order valence-corrected chi connectivity index (χ0v) is 18.8. The van der Waals surface area contributed by atoms with Crippen LogP contribution in [-0.4, -0.2) is 38.5 Å². The molecule has 4 rings (SSSR count). The molecule has 1 atom stereocenters. The van der Waals surface area contributed by atoms with Gasteiger partial charge in [-0.25, -0.2) is 22.8 Å². The number of rotatable bonds is 8. The molecule has 0 spiro atoms. The van der Waals surface area contributed by atoms with E-state index in [1.54, 1.807) is 54.6 Å². The minimum absolute atomic E-state index is 0.00901. The molecule has 1 heterocycles. The van der Waals surface area contributed by atoms with Crippen LogP contribution in [0.3, 0.4) is 0 Å². The summed E-state index contributed by atoms with van der Waals surface area (Å²) >= 11 is 6.09. The number of hydrogen-bond acceptors (Lipinski definition) is 6. The smallest absolute Gasteiger partial charge is 0.417 e. The number of hydrogen-bond donors (Lipinski definition) is 1. The SMILES string of the molecule is O=C1COC(=O)N1CC(NS(=O)(=O)c1ccc(Oc2ccccc2Cl)cc1)c1ccccc1.